The van der Waals surface area contributed by atoms with E-state index in [9.17, 15) is 14.4 Å². The molecule has 0 saturated carbocycles. The zero-order valence-corrected chi connectivity index (χ0v) is 45.2. The van der Waals surface area contributed by atoms with Crippen molar-refractivity contribution in [1.82, 2.24) is 0 Å². The minimum absolute atomic E-state index is 0.110. The summed E-state index contributed by atoms with van der Waals surface area (Å²) in [6.07, 6.45) is 79.2. The fraction of sp³-hybridized carbons (Fsp3) is 0.641. The molecular weight excluding hydrogens is 865 g/mol. The lowest BCUT2D eigenvalue weighted by Gasteiger charge is -2.18. The predicted octanol–water partition coefficient (Wildman–Crippen LogP) is 19.3. The van der Waals surface area contributed by atoms with Gasteiger partial charge in [0.25, 0.3) is 0 Å². The maximum atomic E-state index is 12.8. The standard InChI is InChI=1S/C64H104O6/c1-4-7-10-13-16-19-22-24-26-28-30-31-32-33-35-36-38-40-42-45-48-51-54-57-63(66)69-60-61(59-68-62(65)56-53-50-47-44-21-18-15-12-9-6-3)70-64(67)58-55-52-49-46-43-41-39-37-34-29-27-25-23-20-17-14-11-8-5-2/h7-8,10-11,16-17,19-20,24-27,30-31,34,37,41,43,49,52,61H,4-6,9,12-15,18,21-23,28-29,32-33,35-36,38-40,42,44-48,50-51,53-60H2,1-3H3/b10-7-,11-8-,19-16-,20-17-,26-24-,27-25-,31-30-,37-34-,43-41-,52-49-. The van der Waals surface area contributed by atoms with Crippen LogP contribution in [0.3, 0.4) is 0 Å². The number of carbonyl (C=O) groups is 3. The summed E-state index contributed by atoms with van der Waals surface area (Å²) in [6, 6.07) is 0. The number of hydrogen-bond donors (Lipinski definition) is 0. The molecule has 396 valence electrons. The van der Waals surface area contributed by atoms with Crippen molar-refractivity contribution in [2.45, 2.75) is 252 Å². The van der Waals surface area contributed by atoms with Gasteiger partial charge in [-0.25, -0.2) is 0 Å². The molecule has 0 rings (SSSR count). The van der Waals surface area contributed by atoms with E-state index < -0.39 is 12.1 Å². The quantitative estimate of drug-likeness (QED) is 0.0262. The minimum Gasteiger partial charge on any atom is -0.462 e. The van der Waals surface area contributed by atoms with Crippen LogP contribution in [0.2, 0.25) is 0 Å². The average molecular weight is 970 g/mol. The van der Waals surface area contributed by atoms with Gasteiger partial charge in [-0.05, 0) is 96.3 Å². The Labute approximate surface area is 431 Å². The van der Waals surface area contributed by atoms with Gasteiger partial charge >= 0.3 is 17.9 Å². The highest BCUT2D eigenvalue weighted by molar-refractivity contribution is 5.71. The number of hydrogen-bond acceptors (Lipinski definition) is 6. The minimum atomic E-state index is -0.821. The molecule has 0 amide bonds. The predicted molar refractivity (Wildman–Crippen MR) is 302 cm³/mol. The molecule has 70 heavy (non-hydrogen) atoms. The SMILES string of the molecule is CC/C=C\C/C=C\C/C=C\C/C=C\C/C=C\C/C=C\CCC(=O)OC(COC(=O)CCCCCCCCCCCC)COC(=O)CCCCCCCCCCCC/C=C\C/C=C\C/C=C\C/C=C\CC. The number of carbonyl (C=O) groups excluding carboxylic acids is 3. The summed E-state index contributed by atoms with van der Waals surface area (Å²) >= 11 is 0. The first-order valence-electron chi connectivity index (χ1n) is 28.5. The van der Waals surface area contributed by atoms with Gasteiger partial charge < -0.3 is 14.2 Å². The molecule has 0 heterocycles. The van der Waals surface area contributed by atoms with Crippen LogP contribution >= 0.6 is 0 Å². The molecule has 0 spiro atoms. The molecule has 1 unspecified atom stereocenters. The number of esters is 3. The van der Waals surface area contributed by atoms with Gasteiger partial charge in [0.2, 0.25) is 0 Å². The molecule has 0 bridgehead atoms. The molecule has 6 nitrogen and oxygen atoms in total. The highest BCUT2D eigenvalue weighted by Gasteiger charge is 2.19. The van der Waals surface area contributed by atoms with Crippen molar-refractivity contribution in [2.24, 2.45) is 0 Å². The fourth-order valence-corrected chi connectivity index (χ4v) is 7.52. The zero-order chi connectivity index (χ0) is 50.7. The smallest absolute Gasteiger partial charge is 0.306 e. The first-order chi connectivity index (χ1) is 34.5. The normalized spacial score (nSPS) is 13.0. The number of unbranched alkanes of at least 4 members (excludes halogenated alkanes) is 19. The van der Waals surface area contributed by atoms with Crippen LogP contribution in [0.5, 0.6) is 0 Å². The van der Waals surface area contributed by atoms with Crippen molar-refractivity contribution in [3.05, 3.63) is 122 Å². The first kappa shape index (κ1) is 65.8. The molecule has 0 aliphatic rings. The van der Waals surface area contributed by atoms with Crippen molar-refractivity contribution in [1.29, 1.82) is 0 Å². The van der Waals surface area contributed by atoms with Crippen LogP contribution in [-0.4, -0.2) is 37.2 Å². The Kier molecular flexibility index (Phi) is 54.0. The molecule has 0 aromatic heterocycles. The van der Waals surface area contributed by atoms with Crippen LogP contribution in [0.1, 0.15) is 245 Å². The van der Waals surface area contributed by atoms with Gasteiger partial charge in [0, 0.05) is 19.3 Å². The Hall–Kier alpha value is -4.19. The van der Waals surface area contributed by atoms with E-state index >= 15 is 0 Å². The highest BCUT2D eigenvalue weighted by atomic mass is 16.6. The largest absolute Gasteiger partial charge is 0.462 e. The summed E-state index contributed by atoms with van der Waals surface area (Å²) in [5.41, 5.74) is 0. The van der Waals surface area contributed by atoms with Gasteiger partial charge in [0.15, 0.2) is 6.10 Å². The van der Waals surface area contributed by atoms with E-state index in [1.54, 1.807) is 0 Å². The Morgan fingerprint density at radius 3 is 0.929 bits per heavy atom. The molecule has 0 aromatic rings. The average Bonchev–Trinajstić information content (AvgIpc) is 3.36. The third-order valence-corrected chi connectivity index (χ3v) is 11.7. The Morgan fingerprint density at radius 2 is 0.586 bits per heavy atom. The second kappa shape index (κ2) is 57.4. The highest BCUT2D eigenvalue weighted by Crippen LogP contribution is 2.14. The maximum absolute atomic E-state index is 12.8. The van der Waals surface area contributed by atoms with Crippen LogP contribution in [-0.2, 0) is 28.6 Å². The van der Waals surface area contributed by atoms with E-state index in [0.717, 1.165) is 103 Å². The van der Waals surface area contributed by atoms with Gasteiger partial charge in [-0.15, -0.1) is 0 Å². The summed E-state index contributed by atoms with van der Waals surface area (Å²) in [5, 5.41) is 0. The van der Waals surface area contributed by atoms with E-state index in [-0.39, 0.29) is 31.6 Å². The number of ether oxygens (including phenoxy) is 3. The monoisotopic (exact) mass is 969 g/mol. The van der Waals surface area contributed by atoms with Crippen LogP contribution in [0.25, 0.3) is 0 Å². The van der Waals surface area contributed by atoms with Crippen molar-refractivity contribution in [2.75, 3.05) is 13.2 Å². The molecule has 0 radical (unpaired) electrons. The van der Waals surface area contributed by atoms with E-state index in [1.165, 1.54) is 96.3 Å². The van der Waals surface area contributed by atoms with Gasteiger partial charge in [0.05, 0.1) is 0 Å². The third kappa shape index (κ3) is 54.7. The van der Waals surface area contributed by atoms with E-state index in [2.05, 4.69) is 130 Å². The lowest BCUT2D eigenvalue weighted by atomic mass is 10.1. The lowest BCUT2D eigenvalue weighted by molar-refractivity contribution is -0.166. The molecule has 0 saturated heterocycles. The number of rotatable bonds is 50. The van der Waals surface area contributed by atoms with Crippen LogP contribution in [0, 0.1) is 0 Å². The second-order valence-corrected chi connectivity index (χ2v) is 18.4. The van der Waals surface area contributed by atoms with Crippen LogP contribution in [0.4, 0.5) is 0 Å². The van der Waals surface area contributed by atoms with Gasteiger partial charge in [0.1, 0.15) is 13.2 Å². The van der Waals surface area contributed by atoms with Gasteiger partial charge in [-0.3, -0.25) is 14.4 Å². The Bertz CT molecular complexity index is 1490. The molecule has 1 atom stereocenters. The molecular formula is C64H104O6. The number of allylic oxidation sites excluding steroid dienone is 20. The lowest BCUT2D eigenvalue weighted by Crippen LogP contribution is -2.30. The van der Waals surface area contributed by atoms with Crippen LogP contribution in [0.15, 0.2) is 122 Å². The fourth-order valence-electron chi connectivity index (χ4n) is 7.52. The first-order valence-corrected chi connectivity index (χ1v) is 28.5. The topological polar surface area (TPSA) is 78.9 Å². The Morgan fingerprint density at radius 1 is 0.300 bits per heavy atom. The van der Waals surface area contributed by atoms with Gasteiger partial charge in [-0.1, -0.05) is 251 Å². The van der Waals surface area contributed by atoms with Gasteiger partial charge in [-0.2, -0.15) is 0 Å². The van der Waals surface area contributed by atoms with E-state index in [0.29, 0.717) is 19.3 Å². The zero-order valence-electron chi connectivity index (χ0n) is 45.2. The van der Waals surface area contributed by atoms with Crippen molar-refractivity contribution < 1.29 is 28.6 Å². The molecule has 0 aromatic carbocycles. The van der Waals surface area contributed by atoms with Crippen molar-refractivity contribution in [3.8, 4) is 0 Å². The Balaban J connectivity index is 4.41. The maximum Gasteiger partial charge on any atom is 0.306 e. The second-order valence-electron chi connectivity index (χ2n) is 18.4. The molecule has 0 aliphatic heterocycles. The summed E-state index contributed by atoms with van der Waals surface area (Å²) < 4.78 is 16.8. The van der Waals surface area contributed by atoms with Crippen LogP contribution < -0.4 is 0 Å². The third-order valence-electron chi connectivity index (χ3n) is 11.7. The summed E-state index contributed by atoms with van der Waals surface area (Å²) in [5.74, 6) is -1.00. The molecule has 0 fully saturated rings. The molecule has 0 N–H and O–H groups in total. The van der Waals surface area contributed by atoms with E-state index in [4.69, 9.17) is 14.2 Å². The summed E-state index contributed by atoms with van der Waals surface area (Å²) in [4.78, 5) is 38.0. The van der Waals surface area contributed by atoms with Crippen molar-refractivity contribution in [3.63, 3.8) is 0 Å². The molecule has 0 aliphatic carbocycles. The van der Waals surface area contributed by atoms with E-state index in [1.807, 2.05) is 12.2 Å². The summed E-state index contributed by atoms with van der Waals surface area (Å²) in [7, 11) is 0. The summed E-state index contributed by atoms with van der Waals surface area (Å²) in [6.45, 7) is 6.33. The van der Waals surface area contributed by atoms with Crippen molar-refractivity contribution >= 4 is 17.9 Å². The molecule has 6 heteroatoms.